The first-order chi connectivity index (χ1) is 4.12. The van der Waals surface area contributed by atoms with Gasteiger partial charge in [0.25, 0.3) is 0 Å². The Hall–Kier alpha value is 0.160. The third kappa shape index (κ3) is 4.65. The molecule has 0 aliphatic heterocycles. The molecule has 0 aromatic carbocycles. The van der Waals surface area contributed by atoms with Crippen LogP contribution in [0.1, 0.15) is 0 Å². The van der Waals surface area contributed by atoms with E-state index in [0.717, 1.165) is 7.11 Å². The van der Waals surface area contributed by atoms with Crippen molar-refractivity contribution in [3.63, 3.8) is 0 Å². The summed E-state index contributed by atoms with van der Waals surface area (Å²) in [7, 11) is -2.75. The lowest BCUT2D eigenvalue weighted by molar-refractivity contribution is 0.256. The maximum Gasteiger partial charge on any atom is 0.399 e. The van der Waals surface area contributed by atoms with E-state index in [-0.39, 0.29) is 12.5 Å². The van der Waals surface area contributed by atoms with Gasteiger partial charge in [0.1, 0.15) is 0 Å². The number of hydrogen-bond donors (Lipinski definition) is 0. The molecule has 0 unspecified atom stereocenters. The highest BCUT2D eigenvalue weighted by Gasteiger charge is 2.06. The highest BCUT2D eigenvalue weighted by atomic mass is 35.5. The molecule has 0 fully saturated rings. The normalized spacial score (nSPS) is 11.8. The monoisotopic (exact) mass is 174 g/mol. The topological polar surface area (TPSA) is 52.6 Å². The van der Waals surface area contributed by atoms with Crippen LogP contribution in [0.3, 0.4) is 0 Å². The molecule has 4 nitrogen and oxygen atoms in total. The van der Waals surface area contributed by atoms with Gasteiger partial charge in [0.15, 0.2) is 0 Å². The molecule has 0 saturated heterocycles. The van der Waals surface area contributed by atoms with Crippen LogP contribution >= 0.6 is 11.6 Å². The van der Waals surface area contributed by atoms with Crippen LogP contribution in [0.5, 0.6) is 0 Å². The molecule has 0 saturated carbocycles. The standard InChI is InChI=1S/C3H7ClO4S/c1-7-9(5,6)8-3-2-4/h2-3H2,1H3. The summed E-state index contributed by atoms with van der Waals surface area (Å²) in [4.78, 5) is 0. The van der Waals surface area contributed by atoms with E-state index < -0.39 is 10.4 Å². The molecule has 0 aromatic rings. The average Bonchev–Trinajstić information content (AvgIpc) is 1.84. The molecular weight excluding hydrogens is 168 g/mol. The highest BCUT2D eigenvalue weighted by Crippen LogP contribution is 1.92. The highest BCUT2D eigenvalue weighted by molar-refractivity contribution is 7.81. The third-order valence-corrected chi connectivity index (χ3v) is 1.53. The molecule has 0 N–H and O–H groups in total. The van der Waals surface area contributed by atoms with Crippen molar-refractivity contribution in [2.24, 2.45) is 0 Å². The molecule has 0 radical (unpaired) electrons. The smallest absolute Gasteiger partial charge is 0.252 e. The molecule has 0 aromatic heterocycles. The lowest BCUT2D eigenvalue weighted by Gasteiger charge is -1.97. The molecular formula is C3H7ClO4S. The predicted molar refractivity (Wildman–Crippen MR) is 32.6 cm³/mol. The minimum atomic E-state index is -3.77. The Balaban J connectivity index is 3.61. The Kier molecular flexibility index (Phi) is 4.12. The van der Waals surface area contributed by atoms with Gasteiger partial charge in [0.2, 0.25) is 0 Å². The maximum absolute atomic E-state index is 10.3. The first kappa shape index (κ1) is 9.16. The molecule has 0 amide bonds. The Morgan fingerprint density at radius 3 is 2.44 bits per heavy atom. The van der Waals surface area contributed by atoms with Gasteiger partial charge in [-0.15, -0.1) is 11.6 Å². The zero-order valence-corrected chi connectivity index (χ0v) is 6.41. The summed E-state index contributed by atoms with van der Waals surface area (Å²) in [5.41, 5.74) is 0. The van der Waals surface area contributed by atoms with Crippen molar-refractivity contribution in [2.45, 2.75) is 0 Å². The van der Waals surface area contributed by atoms with Gasteiger partial charge in [-0.3, -0.25) is 4.18 Å². The maximum atomic E-state index is 10.3. The first-order valence-electron chi connectivity index (χ1n) is 2.13. The predicted octanol–water partition coefficient (Wildman–Crippen LogP) is 0.133. The Morgan fingerprint density at radius 1 is 1.56 bits per heavy atom. The molecule has 0 aliphatic carbocycles. The SMILES string of the molecule is COS(=O)(=O)OCCCl. The van der Waals surface area contributed by atoms with Crippen molar-refractivity contribution in [1.82, 2.24) is 0 Å². The van der Waals surface area contributed by atoms with E-state index in [0.29, 0.717) is 0 Å². The summed E-state index contributed by atoms with van der Waals surface area (Å²) in [5.74, 6) is 0.128. The summed E-state index contributed by atoms with van der Waals surface area (Å²) in [6.45, 7) is -0.0578. The van der Waals surface area contributed by atoms with Gasteiger partial charge in [-0.2, -0.15) is 8.42 Å². The summed E-state index contributed by atoms with van der Waals surface area (Å²) in [6, 6.07) is 0. The zero-order valence-electron chi connectivity index (χ0n) is 4.83. The zero-order chi connectivity index (χ0) is 7.33. The number of hydrogen-bond acceptors (Lipinski definition) is 4. The van der Waals surface area contributed by atoms with Crippen molar-refractivity contribution in [3.05, 3.63) is 0 Å². The molecule has 9 heavy (non-hydrogen) atoms. The lowest BCUT2D eigenvalue weighted by atomic mass is 10.9. The van der Waals surface area contributed by atoms with E-state index in [9.17, 15) is 8.42 Å². The molecule has 56 valence electrons. The minimum absolute atomic E-state index is 0.0578. The number of alkyl halides is 1. The second-order valence-corrected chi connectivity index (χ2v) is 2.85. The fraction of sp³-hybridized carbons (Fsp3) is 1.00. The number of rotatable bonds is 4. The van der Waals surface area contributed by atoms with Crippen molar-refractivity contribution in [1.29, 1.82) is 0 Å². The van der Waals surface area contributed by atoms with Crippen molar-refractivity contribution < 1.29 is 16.8 Å². The second kappa shape index (κ2) is 4.05. The summed E-state index contributed by atoms with van der Waals surface area (Å²) >= 11 is 5.12. The van der Waals surface area contributed by atoms with E-state index in [2.05, 4.69) is 8.37 Å². The fourth-order valence-corrected chi connectivity index (χ4v) is 0.734. The van der Waals surface area contributed by atoms with Crippen molar-refractivity contribution in [2.75, 3.05) is 19.6 Å². The molecule has 0 heterocycles. The minimum Gasteiger partial charge on any atom is -0.252 e. The van der Waals surface area contributed by atoms with E-state index in [1.807, 2.05) is 0 Å². The van der Waals surface area contributed by atoms with Crippen LogP contribution in [-0.2, 0) is 18.8 Å². The van der Waals surface area contributed by atoms with Crippen LogP contribution in [0.25, 0.3) is 0 Å². The Labute approximate surface area is 59.0 Å². The van der Waals surface area contributed by atoms with Crippen LogP contribution in [0.4, 0.5) is 0 Å². The Morgan fingerprint density at radius 2 is 2.11 bits per heavy atom. The van der Waals surface area contributed by atoms with Gasteiger partial charge in [0.05, 0.1) is 13.7 Å². The van der Waals surface area contributed by atoms with E-state index in [4.69, 9.17) is 11.6 Å². The van der Waals surface area contributed by atoms with Gasteiger partial charge >= 0.3 is 10.4 Å². The number of halogens is 1. The van der Waals surface area contributed by atoms with Crippen LogP contribution in [0.15, 0.2) is 0 Å². The van der Waals surface area contributed by atoms with Gasteiger partial charge in [-0.05, 0) is 0 Å². The van der Waals surface area contributed by atoms with Crippen LogP contribution in [-0.4, -0.2) is 28.0 Å². The lowest BCUT2D eigenvalue weighted by Crippen LogP contribution is -2.08. The van der Waals surface area contributed by atoms with Crippen LogP contribution in [0.2, 0.25) is 0 Å². The molecule has 0 bridgehead atoms. The van der Waals surface area contributed by atoms with Gasteiger partial charge < -0.3 is 0 Å². The van der Waals surface area contributed by atoms with Crippen molar-refractivity contribution >= 4 is 22.0 Å². The first-order valence-corrected chi connectivity index (χ1v) is 4.00. The van der Waals surface area contributed by atoms with E-state index >= 15 is 0 Å². The molecule has 0 rings (SSSR count). The molecule has 0 spiro atoms. The third-order valence-electron chi connectivity index (χ3n) is 0.509. The fourth-order valence-electron chi connectivity index (χ4n) is 0.182. The van der Waals surface area contributed by atoms with E-state index in [1.165, 1.54) is 0 Å². The molecule has 0 atom stereocenters. The second-order valence-electron chi connectivity index (χ2n) is 1.09. The average molecular weight is 175 g/mol. The van der Waals surface area contributed by atoms with Gasteiger partial charge in [-0.25, -0.2) is 4.18 Å². The van der Waals surface area contributed by atoms with Gasteiger partial charge in [-0.1, -0.05) is 0 Å². The summed E-state index contributed by atoms with van der Waals surface area (Å²) < 4.78 is 28.6. The van der Waals surface area contributed by atoms with Crippen LogP contribution in [0, 0.1) is 0 Å². The van der Waals surface area contributed by atoms with E-state index in [1.54, 1.807) is 0 Å². The van der Waals surface area contributed by atoms with Crippen molar-refractivity contribution in [3.8, 4) is 0 Å². The summed E-state index contributed by atoms with van der Waals surface area (Å²) in [6.07, 6.45) is 0. The van der Waals surface area contributed by atoms with Gasteiger partial charge in [0, 0.05) is 5.88 Å². The molecule has 0 aliphatic rings. The quantitative estimate of drug-likeness (QED) is 0.569. The summed E-state index contributed by atoms with van der Waals surface area (Å²) in [5, 5.41) is 0. The largest absolute Gasteiger partial charge is 0.399 e. The molecule has 6 heteroatoms. The Bertz CT molecular complexity index is 151. The van der Waals surface area contributed by atoms with Crippen LogP contribution < -0.4 is 0 Å².